The van der Waals surface area contributed by atoms with Crippen LogP contribution in [0.3, 0.4) is 0 Å². The Morgan fingerprint density at radius 1 is 1.12 bits per heavy atom. The Balaban J connectivity index is 2.03. The zero-order valence-electron chi connectivity index (χ0n) is 20.0. The van der Waals surface area contributed by atoms with Crippen molar-refractivity contribution >= 4 is 11.9 Å². The van der Waals surface area contributed by atoms with Gasteiger partial charge in [0.05, 0.1) is 19.1 Å². The highest BCUT2D eigenvalue weighted by Crippen LogP contribution is 2.36. The first-order valence-electron chi connectivity index (χ1n) is 11.4. The number of hydrogen-bond acceptors (Lipinski definition) is 5. The molecule has 0 saturated heterocycles. The minimum absolute atomic E-state index is 0.123. The quantitative estimate of drug-likeness (QED) is 0.194. The van der Waals surface area contributed by atoms with Crippen molar-refractivity contribution in [2.45, 2.75) is 65.8 Å². The Morgan fingerprint density at radius 2 is 1.79 bits per heavy atom. The average Bonchev–Trinajstić information content (AvgIpc) is 2.76. The third kappa shape index (κ3) is 7.49. The van der Waals surface area contributed by atoms with Crippen molar-refractivity contribution in [2.75, 3.05) is 6.61 Å². The molecule has 1 amide bonds. The molecule has 0 aromatic heterocycles. The number of aromatic hydroxyl groups is 1. The van der Waals surface area contributed by atoms with Gasteiger partial charge >= 0.3 is 5.97 Å². The molecule has 0 aliphatic heterocycles. The molecule has 4 N–H and O–H groups in total. The van der Waals surface area contributed by atoms with E-state index in [4.69, 9.17) is 15.7 Å². The van der Waals surface area contributed by atoms with Gasteiger partial charge in [-0.05, 0) is 41.9 Å². The number of phenolic OH excluding ortho intramolecular Hbond substituents is 1. The smallest absolute Gasteiger partial charge is 0.303 e. The molecule has 0 bridgehead atoms. The Morgan fingerprint density at radius 3 is 2.36 bits per heavy atom. The number of hydrogen-bond donors (Lipinski definition) is 3. The summed E-state index contributed by atoms with van der Waals surface area (Å²) in [5.41, 5.74) is 2.44. The maximum Gasteiger partial charge on any atom is 0.303 e. The summed E-state index contributed by atoms with van der Waals surface area (Å²) in [5, 5.41) is 20.6. The molecule has 180 valence electrons. The summed E-state index contributed by atoms with van der Waals surface area (Å²) in [6.07, 6.45) is 1.64. The zero-order valence-corrected chi connectivity index (χ0v) is 20.0. The van der Waals surface area contributed by atoms with E-state index in [0.717, 1.165) is 23.1 Å². The first-order chi connectivity index (χ1) is 15.5. The van der Waals surface area contributed by atoms with E-state index in [1.165, 1.54) is 5.01 Å². The van der Waals surface area contributed by atoms with Crippen LogP contribution in [-0.4, -0.2) is 39.7 Å². The van der Waals surface area contributed by atoms with Crippen molar-refractivity contribution in [2.24, 2.45) is 11.3 Å². The molecular formula is C26H36N2O5. The number of aryl methyl sites for hydroxylation is 1. The monoisotopic (exact) mass is 456 g/mol. The minimum atomic E-state index is -1.02. The van der Waals surface area contributed by atoms with E-state index in [9.17, 15) is 14.7 Å². The number of hydrazine groups is 1. The highest BCUT2D eigenvalue weighted by molar-refractivity contribution is 5.80. The molecule has 2 aromatic carbocycles. The Labute approximate surface area is 196 Å². The lowest BCUT2D eigenvalue weighted by Crippen LogP contribution is -2.51. The van der Waals surface area contributed by atoms with E-state index in [0.29, 0.717) is 25.2 Å². The fraction of sp³-hybridized carbons (Fsp3) is 0.462. The van der Waals surface area contributed by atoms with Crippen LogP contribution in [-0.2, 0) is 16.0 Å². The fourth-order valence-electron chi connectivity index (χ4n) is 3.84. The van der Waals surface area contributed by atoms with E-state index in [1.54, 1.807) is 6.07 Å². The van der Waals surface area contributed by atoms with Crippen LogP contribution in [0.25, 0.3) is 11.1 Å². The molecule has 7 heteroatoms. The van der Waals surface area contributed by atoms with Crippen molar-refractivity contribution in [3.8, 4) is 22.6 Å². The van der Waals surface area contributed by atoms with Gasteiger partial charge in [-0.2, -0.15) is 0 Å². The first kappa shape index (κ1) is 26.2. The van der Waals surface area contributed by atoms with Crippen LogP contribution in [0.2, 0.25) is 0 Å². The van der Waals surface area contributed by atoms with E-state index in [-0.39, 0.29) is 36.0 Å². The molecule has 7 nitrogen and oxygen atoms in total. The number of benzene rings is 2. The normalized spacial score (nSPS) is 12.3. The lowest BCUT2D eigenvalue weighted by atomic mass is 9.83. The molecule has 33 heavy (non-hydrogen) atoms. The molecule has 1 atom stereocenters. The molecule has 0 aliphatic carbocycles. The largest absolute Gasteiger partial charge is 0.507 e. The highest BCUT2D eigenvalue weighted by atomic mass is 16.5. The Bertz CT molecular complexity index is 938. The number of carboxylic acid groups (broad SMARTS) is 1. The van der Waals surface area contributed by atoms with Crippen LogP contribution in [0, 0.1) is 5.41 Å². The highest BCUT2D eigenvalue weighted by Gasteiger charge is 2.31. The van der Waals surface area contributed by atoms with Gasteiger partial charge in [0, 0.05) is 18.1 Å². The number of amides is 1. The number of carboxylic acids is 1. The number of phenols is 1. The molecule has 0 aliphatic rings. The number of aliphatic carboxylic acids is 1. The molecule has 0 spiro atoms. The van der Waals surface area contributed by atoms with E-state index < -0.39 is 5.97 Å². The maximum atomic E-state index is 12.3. The summed E-state index contributed by atoms with van der Waals surface area (Å²) in [6, 6.07) is 13.1. The van der Waals surface area contributed by atoms with Crippen LogP contribution in [0.4, 0.5) is 0 Å². The van der Waals surface area contributed by atoms with Crippen molar-refractivity contribution in [3.63, 3.8) is 0 Å². The number of nitrogens with two attached hydrogens (primary N) is 1. The van der Waals surface area contributed by atoms with Gasteiger partial charge in [-0.1, -0.05) is 58.0 Å². The molecule has 0 fully saturated rings. The number of rotatable bonds is 11. The number of ether oxygens (including phenoxy) is 1. The van der Waals surface area contributed by atoms with Crippen molar-refractivity contribution in [1.29, 1.82) is 0 Å². The van der Waals surface area contributed by atoms with Gasteiger partial charge in [0.1, 0.15) is 11.5 Å². The molecule has 2 aromatic rings. The van der Waals surface area contributed by atoms with Crippen molar-refractivity contribution in [3.05, 3.63) is 48.0 Å². The van der Waals surface area contributed by atoms with E-state index >= 15 is 0 Å². The molecular weight excluding hydrogens is 420 g/mol. The average molecular weight is 457 g/mol. The number of carbonyl (C=O) groups excluding carboxylic acids is 1. The van der Waals surface area contributed by atoms with Gasteiger partial charge in [0.15, 0.2) is 0 Å². The first-order valence-corrected chi connectivity index (χ1v) is 11.4. The molecule has 1 unspecified atom stereocenters. The lowest BCUT2D eigenvalue weighted by Gasteiger charge is -2.37. The number of nitrogens with zero attached hydrogens (tertiary/aromatic N) is 1. The SMILES string of the molecule is CCc1cc(-c2ccccc2)c(O)cc1OCCCC(N(N)C(=O)CCC(=O)O)C(C)(C)C. The van der Waals surface area contributed by atoms with Crippen LogP contribution in [0.1, 0.15) is 58.9 Å². The van der Waals surface area contributed by atoms with Crippen LogP contribution in [0.5, 0.6) is 11.5 Å². The third-order valence-corrected chi connectivity index (χ3v) is 5.70. The van der Waals surface area contributed by atoms with Gasteiger partial charge in [0.25, 0.3) is 0 Å². The van der Waals surface area contributed by atoms with Crippen LogP contribution < -0.4 is 10.6 Å². The molecule has 2 rings (SSSR count). The van der Waals surface area contributed by atoms with Gasteiger partial charge in [-0.3, -0.25) is 14.6 Å². The fourth-order valence-corrected chi connectivity index (χ4v) is 3.84. The Hall–Kier alpha value is -3.06. The Kier molecular flexibility index (Phi) is 9.29. The summed E-state index contributed by atoms with van der Waals surface area (Å²) in [5.74, 6) is 5.49. The second-order valence-electron chi connectivity index (χ2n) is 9.26. The molecule has 0 saturated carbocycles. The predicted molar refractivity (Wildman–Crippen MR) is 129 cm³/mol. The second kappa shape index (κ2) is 11.7. The van der Waals surface area contributed by atoms with Gasteiger partial charge in [-0.15, -0.1) is 0 Å². The van der Waals surface area contributed by atoms with Gasteiger partial charge in [0.2, 0.25) is 5.91 Å². The van der Waals surface area contributed by atoms with Crippen LogP contribution in [0.15, 0.2) is 42.5 Å². The second-order valence-corrected chi connectivity index (χ2v) is 9.26. The molecule has 0 heterocycles. The van der Waals surface area contributed by atoms with E-state index in [2.05, 4.69) is 0 Å². The minimum Gasteiger partial charge on any atom is -0.507 e. The molecule has 0 radical (unpaired) electrons. The van der Waals surface area contributed by atoms with E-state index in [1.807, 2.05) is 64.1 Å². The number of carbonyl (C=O) groups is 2. The van der Waals surface area contributed by atoms with Crippen LogP contribution >= 0.6 is 0 Å². The van der Waals surface area contributed by atoms with Gasteiger partial charge in [-0.25, -0.2) is 5.84 Å². The summed E-state index contributed by atoms with van der Waals surface area (Å²) in [4.78, 5) is 23.1. The summed E-state index contributed by atoms with van der Waals surface area (Å²) in [7, 11) is 0. The zero-order chi connectivity index (χ0) is 24.6. The topological polar surface area (TPSA) is 113 Å². The predicted octanol–water partition coefficient (Wildman–Crippen LogP) is 4.76. The van der Waals surface area contributed by atoms with Crippen molar-refractivity contribution in [1.82, 2.24) is 5.01 Å². The van der Waals surface area contributed by atoms with Crippen molar-refractivity contribution < 1.29 is 24.5 Å². The standard InChI is InChI=1S/C26H36N2O5/c1-5-18-16-20(19-10-7-6-8-11-19)21(29)17-22(18)33-15-9-12-23(26(2,3)4)28(27)24(30)13-14-25(31)32/h6-8,10-11,16-17,23,29H,5,9,12-15,27H2,1-4H3,(H,31,32). The van der Waals surface area contributed by atoms with Gasteiger partial charge < -0.3 is 14.9 Å². The summed E-state index contributed by atoms with van der Waals surface area (Å²) in [6.45, 7) is 8.44. The summed E-state index contributed by atoms with van der Waals surface area (Å²) >= 11 is 0. The maximum absolute atomic E-state index is 12.3. The third-order valence-electron chi connectivity index (χ3n) is 5.70. The summed E-state index contributed by atoms with van der Waals surface area (Å²) < 4.78 is 6.00. The lowest BCUT2D eigenvalue weighted by molar-refractivity contribution is -0.143.